The Kier molecular flexibility index (Phi) is 11.3. The summed E-state index contributed by atoms with van der Waals surface area (Å²) < 4.78 is 0. The second-order valence-electron chi connectivity index (χ2n) is 7.28. The zero-order valence-electron chi connectivity index (χ0n) is 17.6. The van der Waals surface area contributed by atoms with Crippen molar-refractivity contribution in [2.75, 3.05) is 34.7 Å². The molecule has 1 aromatic carbocycles. The molecule has 0 radical (unpaired) electrons. The standard InChI is InChI=1S/C12H21N.C11H15NO/c1-10(2)7-8-12(11(3)4)9-13(5)6;1-4-9-5-6-10(8-12(2)3)11(13)7-9/h7-8H,3,9H2,1-2,4-6H3;4-7,13H,1,8H2,2-3H3/b12-8-;. The average Bonchev–Trinajstić information content (AvgIpc) is 2.52. The van der Waals surface area contributed by atoms with Gasteiger partial charge >= 0.3 is 0 Å². The number of rotatable bonds is 7. The van der Waals surface area contributed by atoms with Crippen molar-refractivity contribution in [1.82, 2.24) is 9.80 Å². The molecule has 0 unspecified atom stereocenters. The number of hydrogen-bond donors (Lipinski definition) is 1. The van der Waals surface area contributed by atoms with E-state index < -0.39 is 0 Å². The van der Waals surface area contributed by atoms with Crippen molar-refractivity contribution in [3.8, 4) is 5.75 Å². The molecule has 0 bridgehead atoms. The Morgan fingerprint density at radius 1 is 1.04 bits per heavy atom. The fourth-order valence-corrected chi connectivity index (χ4v) is 2.12. The average molecular weight is 357 g/mol. The number of phenols is 1. The molecule has 0 saturated carbocycles. The third kappa shape index (κ3) is 10.7. The van der Waals surface area contributed by atoms with Crippen molar-refractivity contribution in [2.45, 2.75) is 27.3 Å². The summed E-state index contributed by atoms with van der Waals surface area (Å²) in [7, 11) is 8.08. The molecule has 0 amide bonds. The van der Waals surface area contributed by atoms with Crippen molar-refractivity contribution in [3.63, 3.8) is 0 Å². The van der Waals surface area contributed by atoms with Gasteiger partial charge < -0.3 is 14.9 Å². The zero-order chi connectivity index (χ0) is 20.3. The summed E-state index contributed by atoms with van der Waals surface area (Å²) in [5, 5.41) is 9.60. The highest BCUT2D eigenvalue weighted by atomic mass is 16.3. The Hall–Kier alpha value is -2.10. The second-order valence-corrected chi connectivity index (χ2v) is 7.28. The molecule has 0 atom stereocenters. The molecule has 1 rings (SSSR count). The highest BCUT2D eigenvalue weighted by Crippen LogP contribution is 2.20. The van der Waals surface area contributed by atoms with Gasteiger partial charge in [0, 0.05) is 18.7 Å². The molecule has 144 valence electrons. The fraction of sp³-hybridized carbons (Fsp3) is 0.391. The number of phenolic OH excluding ortho intramolecular Hbond substituents is 1. The van der Waals surface area contributed by atoms with E-state index in [0.29, 0.717) is 5.75 Å². The van der Waals surface area contributed by atoms with Crippen LogP contribution >= 0.6 is 0 Å². The molecule has 0 heterocycles. The lowest BCUT2D eigenvalue weighted by molar-refractivity contribution is 0.386. The van der Waals surface area contributed by atoms with Crippen LogP contribution in [0.1, 0.15) is 31.9 Å². The van der Waals surface area contributed by atoms with Gasteiger partial charge in [0.05, 0.1) is 0 Å². The molecule has 0 aliphatic carbocycles. The van der Waals surface area contributed by atoms with Crippen LogP contribution in [0.25, 0.3) is 6.08 Å². The highest BCUT2D eigenvalue weighted by molar-refractivity contribution is 5.51. The lowest BCUT2D eigenvalue weighted by Crippen LogP contribution is -2.15. The van der Waals surface area contributed by atoms with E-state index in [1.807, 2.05) is 38.1 Å². The normalized spacial score (nSPS) is 11.0. The first-order chi connectivity index (χ1) is 12.1. The topological polar surface area (TPSA) is 26.7 Å². The van der Waals surface area contributed by atoms with E-state index in [4.69, 9.17) is 0 Å². The molecule has 1 N–H and O–H groups in total. The van der Waals surface area contributed by atoms with Gasteiger partial charge in [-0.15, -0.1) is 0 Å². The van der Waals surface area contributed by atoms with Crippen molar-refractivity contribution in [2.24, 2.45) is 0 Å². The molecule has 0 saturated heterocycles. The first-order valence-electron chi connectivity index (χ1n) is 8.80. The Morgan fingerprint density at radius 2 is 1.65 bits per heavy atom. The molecular formula is C23H36N2O. The maximum Gasteiger partial charge on any atom is 0.120 e. The summed E-state index contributed by atoms with van der Waals surface area (Å²) in [6.07, 6.45) is 6.00. The molecule has 0 fully saturated rings. The van der Waals surface area contributed by atoms with Crippen molar-refractivity contribution >= 4 is 6.08 Å². The van der Waals surface area contributed by atoms with Gasteiger partial charge in [-0.1, -0.05) is 54.7 Å². The number of likely N-dealkylation sites (N-methyl/N-ethyl adjacent to an activating group) is 1. The molecule has 26 heavy (non-hydrogen) atoms. The number of allylic oxidation sites excluding steroid dienone is 3. The van der Waals surface area contributed by atoms with Crippen LogP contribution in [0.5, 0.6) is 5.75 Å². The molecule has 3 nitrogen and oxygen atoms in total. The van der Waals surface area contributed by atoms with Crippen molar-refractivity contribution < 1.29 is 5.11 Å². The lowest BCUT2D eigenvalue weighted by Gasteiger charge is -2.12. The summed E-state index contributed by atoms with van der Waals surface area (Å²) in [5.74, 6) is 0.339. The Balaban J connectivity index is 0.000000481. The van der Waals surface area contributed by atoms with Crippen molar-refractivity contribution in [3.05, 3.63) is 71.4 Å². The van der Waals surface area contributed by atoms with E-state index in [9.17, 15) is 5.11 Å². The number of nitrogens with zero attached hydrogens (tertiary/aromatic N) is 2. The SMILES string of the molecule is C=C(C)/C(=C\C=C(C)C)CN(C)C.C=Cc1ccc(CN(C)C)c(O)c1. The van der Waals surface area contributed by atoms with Gasteiger partial charge in [-0.2, -0.15) is 0 Å². The van der Waals surface area contributed by atoms with Crippen LogP contribution in [0, 0.1) is 0 Å². The van der Waals surface area contributed by atoms with E-state index in [-0.39, 0.29) is 0 Å². The molecule has 3 heteroatoms. The number of aromatic hydroxyl groups is 1. The van der Waals surface area contributed by atoms with Gasteiger partial charge in [0.1, 0.15) is 5.75 Å². The van der Waals surface area contributed by atoms with E-state index in [1.165, 1.54) is 11.1 Å². The third-order valence-corrected chi connectivity index (χ3v) is 3.48. The van der Waals surface area contributed by atoms with Crippen LogP contribution in [-0.4, -0.2) is 49.6 Å². The van der Waals surface area contributed by atoms with E-state index in [0.717, 1.165) is 29.8 Å². The second kappa shape index (κ2) is 12.3. The van der Waals surface area contributed by atoms with Crippen LogP contribution in [0.15, 0.2) is 60.2 Å². The van der Waals surface area contributed by atoms with E-state index in [2.05, 4.69) is 58.2 Å². The number of benzene rings is 1. The zero-order valence-corrected chi connectivity index (χ0v) is 17.6. The third-order valence-electron chi connectivity index (χ3n) is 3.48. The lowest BCUT2D eigenvalue weighted by atomic mass is 10.1. The molecule has 0 aliphatic rings. The molecule has 0 aromatic heterocycles. The Bertz CT molecular complexity index is 648. The molecular weight excluding hydrogens is 320 g/mol. The van der Waals surface area contributed by atoms with Gasteiger partial charge in [-0.05, 0) is 66.2 Å². The minimum Gasteiger partial charge on any atom is -0.508 e. The first kappa shape index (κ1) is 23.9. The number of hydrogen-bond acceptors (Lipinski definition) is 3. The molecule has 1 aromatic rings. The molecule has 0 aliphatic heterocycles. The Morgan fingerprint density at radius 3 is 2.04 bits per heavy atom. The maximum atomic E-state index is 9.60. The summed E-state index contributed by atoms with van der Waals surface area (Å²) in [6.45, 7) is 15.6. The summed E-state index contributed by atoms with van der Waals surface area (Å²) in [4.78, 5) is 4.17. The van der Waals surface area contributed by atoms with Gasteiger partial charge in [0.15, 0.2) is 0 Å². The summed E-state index contributed by atoms with van der Waals surface area (Å²) in [5.41, 5.74) is 5.64. The predicted octanol–water partition coefficient (Wildman–Crippen LogP) is 5.11. The highest BCUT2D eigenvalue weighted by Gasteiger charge is 2.02. The van der Waals surface area contributed by atoms with Gasteiger partial charge in [-0.3, -0.25) is 0 Å². The van der Waals surface area contributed by atoms with Crippen LogP contribution < -0.4 is 0 Å². The quantitative estimate of drug-likeness (QED) is 0.687. The summed E-state index contributed by atoms with van der Waals surface area (Å²) >= 11 is 0. The minimum absolute atomic E-state index is 0.339. The fourth-order valence-electron chi connectivity index (χ4n) is 2.12. The first-order valence-corrected chi connectivity index (χ1v) is 8.80. The van der Waals surface area contributed by atoms with Gasteiger partial charge in [0.2, 0.25) is 0 Å². The monoisotopic (exact) mass is 356 g/mol. The maximum absolute atomic E-state index is 9.60. The Labute approximate surface area is 160 Å². The largest absolute Gasteiger partial charge is 0.508 e. The van der Waals surface area contributed by atoms with E-state index >= 15 is 0 Å². The van der Waals surface area contributed by atoms with Crippen molar-refractivity contribution in [1.29, 1.82) is 0 Å². The predicted molar refractivity (Wildman–Crippen MR) is 116 cm³/mol. The van der Waals surface area contributed by atoms with Crippen LogP contribution in [0.2, 0.25) is 0 Å². The van der Waals surface area contributed by atoms with E-state index in [1.54, 1.807) is 12.1 Å². The molecule has 0 spiro atoms. The smallest absolute Gasteiger partial charge is 0.120 e. The van der Waals surface area contributed by atoms with Gasteiger partial charge in [0.25, 0.3) is 0 Å². The van der Waals surface area contributed by atoms with Crippen LogP contribution in [-0.2, 0) is 6.54 Å². The van der Waals surface area contributed by atoms with Gasteiger partial charge in [-0.25, -0.2) is 0 Å². The van der Waals surface area contributed by atoms with Crippen LogP contribution in [0.3, 0.4) is 0 Å². The van der Waals surface area contributed by atoms with Crippen LogP contribution in [0.4, 0.5) is 0 Å². The minimum atomic E-state index is 0.339. The summed E-state index contributed by atoms with van der Waals surface area (Å²) in [6, 6.07) is 5.60.